The summed E-state index contributed by atoms with van der Waals surface area (Å²) >= 11 is 5.90. The second-order valence-electron chi connectivity index (χ2n) is 7.54. The Hall–Kier alpha value is -4.30. The molecule has 9 heteroatoms. The van der Waals surface area contributed by atoms with Crippen LogP contribution in [0.1, 0.15) is 5.56 Å². The van der Waals surface area contributed by atoms with E-state index in [1.54, 1.807) is 42.6 Å². The number of nitrogens with zero attached hydrogens (tertiary/aromatic N) is 4. The van der Waals surface area contributed by atoms with E-state index < -0.39 is 0 Å². The Morgan fingerprint density at radius 2 is 1.82 bits per heavy atom. The van der Waals surface area contributed by atoms with Crippen molar-refractivity contribution in [1.82, 2.24) is 25.0 Å². The Labute approximate surface area is 198 Å². The molecular formula is C25H18ClN5O3. The Balaban J connectivity index is 1.44. The predicted molar refractivity (Wildman–Crippen MR) is 128 cm³/mol. The number of aromatic nitrogens is 4. The van der Waals surface area contributed by atoms with Crippen molar-refractivity contribution in [2.75, 3.05) is 0 Å². The molecular weight excluding hydrogens is 454 g/mol. The van der Waals surface area contributed by atoms with Crippen LogP contribution < -0.4 is 10.9 Å². The summed E-state index contributed by atoms with van der Waals surface area (Å²) in [6.45, 7) is 0.204. The van der Waals surface area contributed by atoms with E-state index in [9.17, 15) is 9.59 Å². The first-order valence-corrected chi connectivity index (χ1v) is 10.9. The normalized spacial score (nSPS) is 11.0. The summed E-state index contributed by atoms with van der Waals surface area (Å²) in [6.07, 6.45) is 1.64. The molecule has 8 nitrogen and oxygen atoms in total. The van der Waals surface area contributed by atoms with Crippen LogP contribution >= 0.6 is 11.6 Å². The number of hydrogen-bond donors (Lipinski definition) is 1. The van der Waals surface area contributed by atoms with Gasteiger partial charge in [0.05, 0.1) is 11.1 Å². The molecule has 3 aromatic heterocycles. The minimum Gasteiger partial charge on any atom is -0.350 e. The summed E-state index contributed by atoms with van der Waals surface area (Å²) in [5, 5.41) is 8.17. The maximum atomic E-state index is 13.0. The molecule has 0 aliphatic heterocycles. The number of halogens is 1. The third-order valence-electron chi connectivity index (χ3n) is 5.27. The molecule has 168 valence electrons. The lowest BCUT2D eigenvalue weighted by atomic mass is 10.1. The van der Waals surface area contributed by atoms with Crippen LogP contribution in [0.15, 0.2) is 88.3 Å². The highest BCUT2D eigenvalue weighted by Gasteiger charge is 2.18. The molecule has 0 radical (unpaired) electrons. The third kappa shape index (κ3) is 4.44. The second kappa shape index (κ2) is 9.29. The zero-order chi connectivity index (χ0) is 23.5. The molecule has 0 unspecified atom stereocenters. The Morgan fingerprint density at radius 3 is 2.62 bits per heavy atom. The molecule has 0 aliphatic carbocycles. The monoisotopic (exact) mass is 471 g/mol. The van der Waals surface area contributed by atoms with Gasteiger partial charge in [-0.3, -0.25) is 19.1 Å². The molecule has 0 bridgehead atoms. The lowest BCUT2D eigenvalue weighted by Crippen LogP contribution is -2.32. The molecule has 1 amide bonds. The lowest BCUT2D eigenvalue weighted by Gasteiger charge is -2.12. The number of para-hydroxylation sites is 1. The van der Waals surface area contributed by atoms with Gasteiger partial charge in [-0.1, -0.05) is 53.2 Å². The fraction of sp³-hybridized carbons (Fsp3) is 0.0800. The predicted octanol–water partition coefficient (Wildman–Crippen LogP) is 4.08. The van der Waals surface area contributed by atoms with Gasteiger partial charge in [0.1, 0.15) is 12.2 Å². The highest BCUT2D eigenvalue weighted by Crippen LogP contribution is 2.27. The van der Waals surface area contributed by atoms with Gasteiger partial charge in [-0.25, -0.2) is 0 Å². The molecule has 0 fully saturated rings. The van der Waals surface area contributed by atoms with Gasteiger partial charge in [0.15, 0.2) is 0 Å². The molecule has 2 aromatic carbocycles. The van der Waals surface area contributed by atoms with Crippen molar-refractivity contribution < 1.29 is 9.32 Å². The van der Waals surface area contributed by atoms with Gasteiger partial charge in [-0.05, 0) is 35.9 Å². The van der Waals surface area contributed by atoms with E-state index in [0.29, 0.717) is 39.6 Å². The number of pyridine rings is 2. The van der Waals surface area contributed by atoms with E-state index in [1.807, 2.05) is 30.3 Å². The van der Waals surface area contributed by atoms with Crippen LogP contribution in [0.3, 0.4) is 0 Å². The van der Waals surface area contributed by atoms with Crippen molar-refractivity contribution in [2.24, 2.45) is 0 Å². The van der Waals surface area contributed by atoms with E-state index in [2.05, 4.69) is 20.4 Å². The Morgan fingerprint density at radius 1 is 1.03 bits per heavy atom. The van der Waals surface area contributed by atoms with Gasteiger partial charge < -0.3 is 9.84 Å². The van der Waals surface area contributed by atoms with Crippen LogP contribution in [-0.4, -0.2) is 25.6 Å². The van der Waals surface area contributed by atoms with Gasteiger partial charge in [-0.15, -0.1) is 0 Å². The molecule has 0 spiro atoms. The number of hydrogen-bond acceptors (Lipinski definition) is 6. The number of carbonyl (C=O) groups is 1. The van der Waals surface area contributed by atoms with Crippen molar-refractivity contribution in [2.45, 2.75) is 13.1 Å². The second-order valence-corrected chi connectivity index (χ2v) is 7.98. The van der Waals surface area contributed by atoms with Crippen molar-refractivity contribution in [3.8, 4) is 23.0 Å². The van der Waals surface area contributed by atoms with Gasteiger partial charge in [-0.2, -0.15) is 4.98 Å². The van der Waals surface area contributed by atoms with Gasteiger partial charge >= 0.3 is 0 Å². The van der Waals surface area contributed by atoms with Crippen LogP contribution in [0.4, 0.5) is 0 Å². The molecule has 0 aliphatic rings. The molecule has 34 heavy (non-hydrogen) atoms. The largest absolute Gasteiger partial charge is 0.350 e. The first-order chi connectivity index (χ1) is 16.6. The van der Waals surface area contributed by atoms with E-state index in [4.69, 9.17) is 16.1 Å². The van der Waals surface area contributed by atoms with Crippen molar-refractivity contribution in [1.29, 1.82) is 0 Å². The summed E-state index contributed by atoms with van der Waals surface area (Å²) in [6, 6.07) is 21.3. The van der Waals surface area contributed by atoms with Gasteiger partial charge in [0, 0.05) is 29.2 Å². The summed E-state index contributed by atoms with van der Waals surface area (Å²) in [4.78, 5) is 34.3. The average molecular weight is 472 g/mol. The van der Waals surface area contributed by atoms with Crippen molar-refractivity contribution in [3.05, 3.63) is 99.9 Å². The fourth-order valence-electron chi connectivity index (χ4n) is 3.61. The van der Waals surface area contributed by atoms with Gasteiger partial charge in [0.25, 0.3) is 11.4 Å². The van der Waals surface area contributed by atoms with Crippen molar-refractivity contribution >= 4 is 28.4 Å². The molecule has 5 aromatic rings. The molecule has 0 atom stereocenters. The SMILES string of the molecule is O=C(Cn1c(=O)cc(-c2nc(-c3ccccn3)no2)c2ccccc21)NCc1ccc(Cl)cc1. The standard InChI is InChI=1S/C25H18ClN5O3/c26-17-10-8-16(9-11-17)14-28-22(32)15-31-21-7-2-1-5-18(21)19(13-23(31)33)25-29-24(30-34-25)20-6-3-4-12-27-20/h1-13H,14-15H2,(H,28,32). The highest BCUT2D eigenvalue weighted by molar-refractivity contribution is 6.30. The summed E-state index contributed by atoms with van der Waals surface area (Å²) in [5.74, 6) is 0.240. The Kier molecular flexibility index (Phi) is 5.88. The Bertz CT molecular complexity index is 1530. The van der Waals surface area contributed by atoms with Crippen LogP contribution in [0.25, 0.3) is 33.9 Å². The zero-order valence-electron chi connectivity index (χ0n) is 17.8. The number of carbonyl (C=O) groups excluding carboxylic acids is 1. The van der Waals surface area contributed by atoms with E-state index >= 15 is 0 Å². The van der Waals surface area contributed by atoms with Crippen LogP contribution in [0.5, 0.6) is 0 Å². The summed E-state index contributed by atoms with van der Waals surface area (Å²) < 4.78 is 6.87. The zero-order valence-corrected chi connectivity index (χ0v) is 18.6. The third-order valence-corrected chi connectivity index (χ3v) is 5.53. The van der Waals surface area contributed by atoms with Gasteiger partial charge in [0.2, 0.25) is 11.7 Å². The first kappa shape index (κ1) is 21.5. The maximum absolute atomic E-state index is 13.0. The number of rotatable bonds is 6. The molecule has 0 saturated carbocycles. The number of fused-ring (bicyclic) bond motifs is 1. The minimum atomic E-state index is -0.354. The van der Waals surface area contributed by atoms with E-state index in [-0.39, 0.29) is 23.9 Å². The molecule has 3 heterocycles. The number of benzene rings is 2. The van der Waals surface area contributed by atoms with E-state index in [0.717, 1.165) is 5.56 Å². The highest BCUT2D eigenvalue weighted by atomic mass is 35.5. The number of nitrogens with one attached hydrogen (secondary N) is 1. The molecule has 0 saturated heterocycles. The van der Waals surface area contributed by atoms with Crippen LogP contribution in [0, 0.1) is 0 Å². The fourth-order valence-corrected chi connectivity index (χ4v) is 3.74. The minimum absolute atomic E-state index is 0.129. The van der Waals surface area contributed by atoms with Crippen LogP contribution in [-0.2, 0) is 17.9 Å². The average Bonchev–Trinajstić information content (AvgIpc) is 3.36. The quantitative estimate of drug-likeness (QED) is 0.400. The molecule has 1 N–H and O–H groups in total. The first-order valence-electron chi connectivity index (χ1n) is 10.5. The van der Waals surface area contributed by atoms with E-state index in [1.165, 1.54) is 10.6 Å². The molecule has 5 rings (SSSR count). The smallest absolute Gasteiger partial charge is 0.259 e. The summed E-state index contributed by atoms with van der Waals surface area (Å²) in [7, 11) is 0. The summed E-state index contributed by atoms with van der Waals surface area (Å²) in [5.41, 5.74) is 2.20. The lowest BCUT2D eigenvalue weighted by molar-refractivity contribution is -0.121. The maximum Gasteiger partial charge on any atom is 0.259 e. The van der Waals surface area contributed by atoms with Crippen LogP contribution in [0.2, 0.25) is 5.02 Å². The number of amides is 1. The topological polar surface area (TPSA) is 103 Å². The van der Waals surface area contributed by atoms with Crippen molar-refractivity contribution in [3.63, 3.8) is 0 Å².